The second-order valence-electron chi connectivity index (χ2n) is 12.6. The zero-order valence-electron chi connectivity index (χ0n) is 22.4. The van der Waals surface area contributed by atoms with Crippen LogP contribution < -0.4 is 10.6 Å². The van der Waals surface area contributed by atoms with Crippen LogP contribution in [0.15, 0.2) is 23.1 Å². The fraction of sp³-hybridized carbons (Fsp3) is 0.643. The molecule has 0 saturated heterocycles. The molecular weight excluding hydrogens is 520 g/mol. The van der Waals surface area contributed by atoms with E-state index in [1.165, 1.54) is 19.3 Å². The van der Waals surface area contributed by atoms with Crippen molar-refractivity contribution in [3.63, 3.8) is 0 Å². The Kier molecular flexibility index (Phi) is 5.94. The molecule has 5 saturated carbocycles. The van der Waals surface area contributed by atoms with E-state index in [9.17, 15) is 18.4 Å². The summed E-state index contributed by atoms with van der Waals surface area (Å²) in [6.45, 7) is 1.61. The standard InChI is InChI=1S/C28H33F2N7O3/c1-15-23(36-40-35-15)26(39)34-25(18-4-6-28(29,30)7-5-18)20-14-37-21(32-20)8-19(13-31-37)24(17-2-3-17)33-22(38)12-27-9-16(10-27)11-27/h8,13-14,16-18,24-25H,2-7,9-12H2,1H3,(H,33,38)(H,34,39)/t16?,24?,25-,27?/m0/s1. The molecule has 2 N–H and O–H groups in total. The van der Waals surface area contributed by atoms with Crippen LogP contribution in [0.4, 0.5) is 8.78 Å². The number of fused-ring (bicyclic) bond motifs is 1. The number of imidazole rings is 1. The van der Waals surface area contributed by atoms with E-state index in [1.807, 2.05) is 6.07 Å². The molecule has 2 bridgehead atoms. The summed E-state index contributed by atoms with van der Waals surface area (Å²) in [6.07, 6.45) is 9.77. The van der Waals surface area contributed by atoms with Crippen molar-refractivity contribution in [2.75, 3.05) is 0 Å². The first-order chi connectivity index (χ1) is 19.2. The van der Waals surface area contributed by atoms with Crippen LogP contribution in [0, 0.1) is 30.1 Å². The molecule has 5 aliphatic rings. The van der Waals surface area contributed by atoms with Crippen LogP contribution in [0.2, 0.25) is 0 Å². The maximum absolute atomic E-state index is 14.0. The molecule has 0 spiro atoms. The van der Waals surface area contributed by atoms with Gasteiger partial charge in [0.25, 0.3) is 5.91 Å². The number of carbonyl (C=O) groups excluding carboxylic acids is 2. The number of halogens is 2. The maximum atomic E-state index is 14.0. The molecule has 0 aromatic carbocycles. The van der Waals surface area contributed by atoms with Gasteiger partial charge in [-0.3, -0.25) is 9.59 Å². The van der Waals surface area contributed by atoms with E-state index in [-0.39, 0.29) is 54.7 Å². The highest BCUT2D eigenvalue weighted by Gasteiger charge is 2.57. The Morgan fingerprint density at radius 2 is 1.80 bits per heavy atom. The molecular formula is C28H33F2N7O3. The van der Waals surface area contributed by atoms with Crippen LogP contribution in [0.25, 0.3) is 5.65 Å². The lowest BCUT2D eigenvalue weighted by atomic mass is 9.43. The van der Waals surface area contributed by atoms with E-state index in [4.69, 9.17) is 4.98 Å². The number of hydrogen-bond acceptors (Lipinski definition) is 7. The van der Waals surface area contributed by atoms with Gasteiger partial charge in [0.15, 0.2) is 11.3 Å². The smallest absolute Gasteiger partial charge is 0.276 e. The molecule has 3 aromatic heterocycles. The maximum Gasteiger partial charge on any atom is 0.276 e. The number of alkyl halides is 2. The largest absolute Gasteiger partial charge is 0.349 e. The number of carbonyl (C=O) groups is 2. The number of nitrogens with one attached hydrogen (secondary N) is 2. The molecule has 212 valence electrons. The fourth-order valence-corrected chi connectivity index (χ4v) is 7.05. The lowest BCUT2D eigenvalue weighted by Gasteiger charge is -2.61. The third-order valence-corrected chi connectivity index (χ3v) is 9.54. The van der Waals surface area contributed by atoms with Gasteiger partial charge in [0, 0.05) is 19.3 Å². The third-order valence-electron chi connectivity index (χ3n) is 9.54. The van der Waals surface area contributed by atoms with Gasteiger partial charge in [0.2, 0.25) is 11.8 Å². The van der Waals surface area contributed by atoms with Crippen molar-refractivity contribution in [3.05, 3.63) is 41.1 Å². The van der Waals surface area contributed by atoms with Crippen molar-refractivity contribution in [3.8, 4) is 0 Å². The Labute approximate surface area is 229 Å². The summed E-state index contributed by atoms with van der Waals surface area (Å²) >= 11 is 0. The summed E-state index contributed by atoms with van der Waals surface area (Å²) in [4.78, 5) is 30.8. The second kappa shape index (κ2) is 9.31. The Balaban J connectivity index is 1.14. The number of hydrogen-bond donors (Lipinski definition) is 2. The zero-order valence-corrected chi connectivity index (χ0v) is 22.4. The minimum Gasteiger partial charge on any atom is -0.349 e. The Morgan fingerprint density at radius 1 is 1.07 bits per heavy atom. The monoisotopic (exact) mass is 553 g/mol. The molecule has 10 nitrogen and oxygen atoms in total. The van der Waals surface area contributed by atoms with Crippen molar-refractivity contribution in [1.82, 2.24) is 35.5 Å². The quantitative estimate of drug-likeness (QED) is 0.400. The molecule has 2 atom stereocenters. The molecule has 12 heteroatoms. The molecule has 0 radical (unpaired) electrons. The summed E-state index contributed by atoms with van der Waals surface area (Å²) < 4.78 is 34.3. The number of nitrogens with zero attached hydrogens (tertiary/aromatic N) is 5. The van der Waals surface area contributed by atoms with Gasteiger partial charge >= 0.3 is 0 Å². The van der Waals surface area contributed by atoms with E-state index < -0.39 is 17.9 Å². The van der Waals surface area contributed by atoms with Gasteiger partial charge in [-0.15, -0.1) is 0 Å². The van der Waals surface area contributed by atoms with Crippen molar-refractivity contribution >= 4 is 17.5 Å². The predicted octanol–water partition coefficient (Wildman–Crippen LogP) is 4.47. The highest BCUT2D eigenvalue weighted by Crippen LogP contribution is 2.66. The summed E-state index contributed by atoms with van der Waals surface area (Å²) in [5.41, 5.74) is 2.66. The highest BCUT2D eigenvalue weighted by molar-refractivity contribution is 5.93. The second-order valence-corrected chi connectivity index (χ2v) is 12.6. The number of aromatic nitrogens is 5. The van der Waals surface area contributed by atoms with Crippen LogP contribution in [0.1, 0.15) is 104 Å². The zero-order chi connectivity index (χ0) is 27.6. The topological polar surface area (TPSA) is 127 Å². The molecule has 5 aliphatic carbocycles. The number of rotatable bonds is 9. The molecule has 8 rings (SSSR count). The molecule has 1 unspecified atom stereocenters. The average molecular weight is 554 g/mol. The predicted molar refractivity (Wildman–Crippen MR) is 137 cm³/mol. The first-order valence-corrected chi connectivity index (χ1v) is 14.3. The van der Waals surface area contributed by atoms with Crippen LogP contribution in [0.5, 0.6) is 0 Å². The van der Waals surface area contributed by atoms with Gasteiger partial charge in [0.05, 0.1) is 30.2 Å². The minimum atomic E-state index is -2.70. The number of aryl methyl sites for hydroxylation is 1. The normalized spacial score (nSPS) is 26.9. The van der Waals surface area contributed by atoms with Crippen LogP contribution in [-0.2, 0) is 4.79 Å². The summed E-state index contributed by atoms with van der Waals surface area (Å²) in [5, 5.41) is 18.2. The summed E-state index contributed by atoms with van der Waals surface area (Å²) in [7, 11) is 0. The van der Waals surface area contributed by atoms with Crippen LogP contribution in [0.3, 0.4) is 0 Å². The fourth-order valence-electron chi connectivity index (χ4n) is 7.05. The van der Waals surface area contributed by atoms with Crippen molar-refractivity contribution < 1.29 is 23.0 Å². The van der Waals surface area contributed by atoms with Gasteiger partial charge in [0.1, 0.15) is 5.69 Å². The van der Waals surface area contributed by atoms with Gasteiger partial charge in [-0.2, -0.15) is 5.10 Å². The first kappa shape index (κ1) is 25.5. The lowest BCUT2D eigenvalue weighted by Crippen LogP contribution is -2.54. The van der Waals surface area contributed by atoms with E-state index in [1.54, 1.807) is 23.8 Å². The SMILES string of the molecule is Cc1nonc1C(=O)N[C@H](c1cn2ncc(C(NC(=O)CC34CC(C3)C4)C3CC3)cc2n1)C1CCC(F)(F)CC1. The lowest BCUT2D eigenvalue weighted by molar-refractivity contribution is -0.145. The van der Waals surface area contributed by atoms with Gasteiger partial charge in [-0.1, -0.05) is 5.16 Å². The highest BCUT2D eigenvalue weighted by atomic mass is 19.3. The van der Waals surface area contributed by atoms with Crippen molar-refractivity contribution in [2.24, 2.45) is 23.2 Å². The molecule has 40 heavy (non-hydrogen) atoms. The molecule has 3 heterocycles. The van der Waals surface area contributed by atoms with E-state index in [0.717, 1.165) is 24.3 Å². The van der Waals surface area contributed by atoms with Crippen molar-refractivity contribution in [1.29, 1.82) is 0 Å². The van der Waals surface area contributed by atoms with Gasteiger partial charge in [-0.25, -0.2) is 22.9 Å². The summed E-state index contributed by atoms with van der Waals surface area (Å²) in [6, 6.07) is 1.20. The van der Waals surface area contributed by atoms with Crippen LogP contribution >= 0.6 is 0 Å². The Bertz CT molecular complexity index is 1440. The first-order valence-electron chi connectivity index (χ1n) is 14.3. The molecule has 0 aliphatic heterocycles. The Hall–Kier alpha value is -3.44. The third kappa shape index (κ3) is 4.75. The van der Waals surface area contributed by atoms with Gasteiger partial charge in [-0.05, 0) is 91.8 Å². The van der Waals surface area contributed by atoms with E-state index >= 15 is 0 Å². The number of amides is 2. The minimum absolute atomic E-state index is 0.0530. The Morgan fingerprint density at radius 3 is 2.42 bits per heavy atom. The molecule has 2 amide bonds. The van der Waals surface area contributed by atoms with E-state index in [0.29, 0.717) is 29.4 Å². The molecule has 3 aromatic rings. The van der Waals surface area contributed by atoms with E-state index in [2.05, 4.69) is 30.7 Å². The van der Waals surface area contributed by atoms with Crippen LogP contribution in [-0.4, -0.2) is 42.6 Å². The summed E-state index contributed by atoms with van der Waals surface area (Å²) in [5.74, 6) is -2.10. The van der Waals surface area contributed by atoms with Crippen molar-refractivity contribution in [2.45, 2.75) is 89.1 Å². The van der Waals surface area contributed by atoms with Gasteiger partial charge < -0.3 is 10.6 Å². The molecule has 5 fully saturated rings. The average Bonchev–Trinajstić information content (AvgIpc) is 3.48.